The minimum Gasteiger partial charge on any atom is -0.398 e. The van der Waals surface area contributed by atoms with Gasteiger partial charge >= 0.3 is 0 Å². The lowest BCUT2D eigenvalue weighted by molar-refractivity contribution is -0.0106. The molecule has 1 unspecified atom stereocenters. The fourth-order valence-corrected chi connectivity index (χ4v) is 1.83. The fraction of sp³-hybridized carbons (Fsp3) is 0.385. The van der Waals surface area contributed by atoms with Crippen LogP contribution in [0.15, 0.2) is 22.7 Å². The molecule has 0 saturated carbocycles. The van der Waals surface area contributed by atoms with Gasteiger partial charge in [0, 0.05) is 17.8 Å². The number of hydrogen-bond acceptors (Lipinski definition) is 5. The van der Waals surface area contributed by atoms with Crippen molar-refractivity contribution in [2.45, 2.75) is 25.9 Å². The maximum Gasteiger partial charge on any atom is 0.260 e. The van der Waals surface area contributed by atoms with Crippen LogP contribution in [-0.4, -0.2) is 17.3 Å². The summed E-state index contributed by atoms with van der Waals surface area (Å²) in [6.45, 7) is 3.90. The number of halogens is 1. The maximum absolute atomic E-state index is 5.95. The number of ether oxygens (including phenoxy) is 1. The van der Waals surface area contributed by atoms with Crippen LogP contribution in [0.3, 0.4) is 0 Å². The number of aromatic nitrogens is 2. The molecular weight excluding hydrogens is 266 g/mol. The maximum atomic E-state index is 5.95. The highest BCUT2D eigenvalue weighted by molar-refractivity contribution is 6.31. The van der Waals surface area contributed by atoms with Crippen LogP contribution in [0.1, 0.15) is 26.1 Å². The van der Waals surface area contributed by atoms with E-state index in [1.165, 1.54) is 0 Å². The Balaban J connectivity index is 2.44. The number of methoxy groups -OCH3 is 1. The van der Waals surface area contributed by atoms with Gasteiger partial charge in [-0.1, -0.05) is 23.7 Å². The van der Waals surface area contributed by atoms with Crippen molar-refractivity contribution in [2.24, 2.45) is 0 Å². The summed E-state index contributed by atoms with van der Waals surface area (Å²) in [5.74, 6) is 0.832. The molecule has 1 atom stereocenters. The minimum atomic E-state index is -0.574. The first-order valence-electron chi connectivity index (χ1n) is 5.95. The van der Waals surface area contributed by atoms with Crippen LogP contribution in [0, 0.1) is 0 Å². The highest BCUT2D eigenvalue weighted by atomic mass is 35.5. The smallest absolute Gasteiger partial charge is 0.260 e. The molecule has 0 fully saturated rings. The van der Waals surface area contributed by atoms with E-state index in [0.717, 1.165) is 6.42 Å². The molecule has 1 aromatic carbocycles. The Bertz CT molecular complexity index is 579. The first kappa shape index (κ1) is 13.8. The number of nitrogens with two attached hydrogens (primary N) is 1. The van der Waals surface area contributed by atoms with Crippen LogP contribution in [-0.2, 0) is 10.3 Å². The predicted octanol–water partition coefficient (Wildman–Crippen LogP) is 3.24. The lowest BCUT2D eigenvalue weighted by Gasteiger charge is -2.21. The van der Waals surface area contributed by atoms with E-state index >= 15 is 0 Å². The Morgan fingerprint density at radius 3 is 2.84 bits per heavy atom. The molecule has 2 N–H and O–H groups in total. The molecule has 1 aromatic heterocycles. The van der Waals surface area contributed by atoms with Crippen molar-refractivity contribution in [1.29, 1.82) is 0 Å². The van der Waals surface area contributed by atoms with Crippen LogP contribution in [0.2, 0.25) is 5.02 Å². The summed E-state index contributed by atoms with van der Waals surface area (Å²) in [5.41, 5.74) is 6.48. The zero-order valence-electron chi connectivity index (χ0n) is 11.1. The molecule has 0 aliphatic carbocycles. The van der Waals surface area contributed by atoms with Crippen molar-refractivity contribution in [2.75, 3.05) is 12.8 Å². The Labute approximate surface area is 116 Å². The van der Waals surface area contributed by atoms with Crippen LogP contribution < -0.4 is 5.73 Å². The van der Waals surface area contributed by atoms with E-state index in [1.54, 1.807) is 25.3 Å². The Morgan fingerprint density at radius 2 is 2.21 bits per heavy atom. The first-order chi connectivity index (χ1) is 9.00. The van der Waals surface area contributed by atoms with Crippen LogP contribution in [0.25, 0.3) is 11.5 Å². The number of nitrogens with zero attached hydrogens (tertiary/aromatic N) is 2. The average molecular weight is 282 g/mol. The molecule has 2 aromatic rings. The summed E-state index contributed by atoms with van der Waals surface area (Å²) in [7, 11) is 1.62. The summed E-state index contributed by atoms with van der Waals surface area (Å²) in [4.78, 5) is 4.35. The van der Waals surface area contributed by atoms with Crippen molar-refractivity contribution in [3.63, 3.8) is 0 Å². The first-order valence-corrected chi connectivity index (χ1v) is 6.32. The number of benzene rings is 1. The highest BCUT2D eigenvalue weighted by Gasteiger charge is 2.30. The SMILES string of the molecule is CCC(C)(OC)c1noc(-c2cc(Cl)ccc2N)n1. The summed E-state index contributed by atoms with van der Waals surface area (Å²) in [5, 5.41) is 4.53. The largest absolute Gasteiger partial charge is 0.398 e. The van der Waals surface area contributed by atoms with Crippen molar-refractivity contribution >= 4 is 17.3 Å². The lowest BCUT2D eigenvalue weighted by Crippen LogP contribution is -2.24. The van der Waals surface area contributed by atoms with E-state index in [0.29, 0.717) is 28.0 Å². The number of nitrogen functional groups attached to an aromatic ring is 1. The van der Waals surface area contributed by atoms with Gasteiger partial charge in [-0.3, -0.25) is 0 Å². The second kappa shape index (κ2) is 5.19. The van der Waals surface area contributed by atoms with Gasteiger partial charge in [-0.2, -0.15) is 4.98 Å². The Kier molecular flexibility index (Phi) is 3.78. The van der Waals surface area contributed by atoms with E-state index < -0.39 is 5.60 Å². The lowest BCUT2D eigenvalue weighted by atomic mass is 10.0. The molecule has 19 heavy (non-hydrogen) atoms. The molecule has 0 radical (unpaired) electrons. The Hall–Kier alpha value is -1.59. The van der Waals surface area contributed by atoms with Gasteiger partial charge in [0.25, 0.3) is 5.89 Å². The number of anilines is 1. The van der Waals surface area contributed by atoms with E-state index in [-0.39, 0.29) is 0 Å². The quantitative estimate of drug-likeness (QED) is 0.871. The van der Waals surface area contributed by atoms with E-state index in [9.17, 15) is 0 Å². The van der Waals surface area contributed by atoms with Gasteiger partial charge < -0.3 is 15.0 Å². The van der Waals surface area contributed by atoms with E-state index in [1.807, 2.05) is 13.8 Å². The third-order valence-electron chi connectivity index (χ3n) is 3.27. The van der Waals surface area contributed by atoms with E-state index in [2.05, 4.69) is 10.1 Å². The molecule has 5 nitrogen and oxygen atoms in total. The Morgan fingerprint density at radius 1 is 1.47 bits per heavy atom. The molecule has 0 aliphatic rings. The molecule has 2 rings (SSSR count). The highest BCUT2D eigenvalue weighted by Crippen LogP contribution is 2.31. The predicted molar refractivity (Wildman–Crippen MR) is 73.8 cm³/mol. The second-order valence-electron chi connectivity index (χ2n) is 4.44. The van der Waals surface area contributed by atoms with Crippen molar-refractivity contribution < 1.29 is 9.26 Å². The van der Waals surface area contributed by atoms with E-state index in [4.69, 9.17) is 26.6 Å². The second-order valence-corrected chi connectivity index (χ2v) is 4.88. The molecule has 102 valence electrons. The van der Waals surface area contributed by atoms with Gasteiger partial charge in [0.05, 0.1) is 5.56 Å². The zero-order chi connectivity index (χ0) is 14.0. The third-order valence-corrected chi connectivity index (χ3v) is 3.51. The van der Waals surface area contributed by atoms with Gasteiger partial charge in [-0.15, -0.1) is 0 Å². The molecule has 0 saturated heterocycles. The molecule has 0 bridgehead atoms. The molecule has 0 aliphatic heterocycles. The van der Waals surface area contributed by atoms with Gasteiger partial charge in [0.15, 0.2) is 0 Å². The zero-order valence-corrected chi connectivity index (χ0v) is 11.9. The van der Waals surface area contributed by atoms with Gasteiger partial charge in [-0.25, -0.2) is 0 Å². The van der Waals surface area contributed by atoms with Gasteiger partial charge in [-0.05, 0) is 31.5 Å². The molecule has 6 heteroatoms. The van der Waals surface area contributed by atoms with Crippen LogP contribution >= 0.6 is 11.6 Å². The average Bonchev–Trinajstić information content (AvgIpc) is 2.90. The third kappa shape index (κ3) is 2.57. The van der Waals surface area contributed by atoms with Crippen LogP contribution in [0.4, 0.5) is 5.69 Å². The fourth-order valence-electron chi connectivity index (χ4n) is 1.66. The van der Waals surface area contributed by atoms with Crippen LogP contribution in [0.5, 0.6) is 0 Å². The van der Waals surface area contributed by atoms with Gasteiger partial charge in [0.2, 0.25) is 5.82 Å². The van der Waals surface area contributed by atoms with Gasteiger partial charge in [0.1, 0.15) is 5.60 Å². The summed E-state index contributed by atoms with van der Waals surface area (Å²) in [6.07, 6.45) is 0.730. The summed E-state index contributed by atoms with van der Waals surface area (Å²) < 4.78 is 10.7. The minimum absolute atomic E-state index is 0.340. The number of hydrogen-bond donors (Lipinski definition) is 1. The molecule has 0 amide bonds. The molecular formula is C13H16ClN3O2. The van der Waals surface area contributed by atoms with Crippen molar-refractivity contribution in [3.8, 4) is 11.5 Å². The van der Waals surface area contributed by atoms with Crippen molar-refractivity contribution in [3.05, 3.63) is 29.0 Å². The van der Waals surface area contributed by atoms with Crippen molar-refractivity contribution in [1.82, 2.24) is 10.1 Å². The summed E-state index contributed by atoms with van der Waals surface area (Å²) in [6, 6.07) is 5.12. The molecule has 0 spiro atoms. The number of rotatable bonds is 4. The monoisotopic (exact) mass is 281 g/mol. The summed E-state index contributed by atoms with van der Waals surface area (Å²) >= 11 is 5.95. The molecule has 1 heterocycles. The normalized spacial score (nSPS) is 14.3. The standard InChI is InChI=1S/C13H16ClN3O2/c1-4-13(2,18-3)12-16-11(19-17-12)9-7-8(14)5-6-10(9)15/h5-7H,4,15H2,1-3H3. The topological polar surface area (TPSA) is 74.2 Å².